The predicted octanol–water partition coefficient (Wildman–Crippen LogP) is -0.243. The third-order valence-corrected chi connectivity index (χ3v) is 4.85. The van der Waals surface area contributed by atoms with Gasteiger partial charge in [-0.2, -0.15) is 17.4 Å². The Morgan fingerprint density at radius 1 is 1.25 bits per heavy atom. The molecule has 1 aliphatic heterocycles. The number of nitrogens with one attached hydrogen (secondary N) is 1. The van der Waals surface area contributed by atoms with Gasteiger partial charge in [0.15, 0.2) is 0 Å². The van der Waals surface area contributed by atoms with Crippen molar-refractivity contribution in [1.29, 1.82) is 0 Å². The molecule has 0 radical (unpaired) electrons. The van der Waals surface area contributed by atoms with E-state index >= 15 is 0 Å². The summed E-state index contributed by atoms with van der Waals surface area (Å²) in [6.45, 7) is 1.27. The molecular weight excluding hydrogens is 280 g/mol. The van der Waals surface area contributed by atoms with Crippen molar-refractivity contribution >= 4 is 10.2 Å². The van der Waals surface area contributed by atoms with E-state index in [9.17, 15) is 13.5 Å². The van der Waals surface area contributed by atoms with E-state index in [0.717, 1.165) is 5.56 Å². The Balaban J connectivity index is 1.98. The molecule has 1 atom stereocenters. The van der Waals surface area contributed by atoms with E-state index in [0.29, 0.717) is 32.7 Å². The highest BCUT2D eigenvalue weighted by Gasteiger charge is 2.26. The predicted molar refractivity (Wildman–Crippen MR) is 75.5 cm³/mol. The Hall–Kier alpha value is -0.990. The van der Waals surface area contributed by atoms with Gasteiger partial charge < -0.3 is 9.84 Å². The highest BCUT2D eigenvalue weighted by atomic mass is 32.2. The molecule has 0 saturated carbocycles. The Bertz CT molecular complexity index is 500. The molecule has 1 unspecified atom stereocenters. The van der Waals surface area contributed by atoms with E-state index in [2.05, 4.69) is 4.72 Å². The van der Waals surface area contributed by atoms with E-state index in [1.54, 1.807) is 0 Å². The topological polar surface area (TPSA) is 78.9 Å². The molecule has 1 aromatic carbocycles. The minimum absolute atomic E-state index is 0.238. The molecule has 1 aromatic rings. The van der Waals surface area contributed by atoms with Gasteiger partial charge in [-0.15, -0.1) is 0 Å². The van der Waals surface area contributed by atoms with Crippen LogP contribution in [-0.4, -0.2) is 56.8 Å². The summed E-state index contributed by atoms with van der Waals surface area (Å²) in [5.41, 5.74) is 0.983. The summed E-state index contributed by atoms with van der Waals surface area (Å²) in [4.78, 5) is 0. The quantitative estimate of drug-likeness (QED) is 0.760. The molecule has 0 spiro atoms. The zero-order valence-corrected chi connectivity index (χ0v) is 12.1. The van der Waals surface area contributed by atoms with E-state index in [-0.39, 0.29) is 6.61 Å². The van der Waals surface area contributed by atoms with E-state index in [4.69, 9.17) is 4.74 Å². The number of aliphatic hydroxyl groups is 1. The Labute approximate surface area is 119 Å². The first kappa shape index (κ1) is 15.4. The van der Waals surface area contributed by atoms with Gasteiger partial charge in [0.1, 0.15) is 0 Å². The van der Waals surface area contributed by atoms with Crippen LogP contribution in [0.1, 0.15) is 5.56 Å². The first-order valence-electron chi connectivity index (χ1n) is 6.62. The summed E-state index contributed by atoms with van der Waals surface area (Å²) < 4.78 is 33.4. The molecular formula is C13H20N2O4S. The summed E-state index contributed by atoms with van der Waals surface area (Å²) in [6, 6.07) is 8.97. The van der Waals surface area contributed by atoms with Crippen LogP contribution in [-0.2, 0) is 21.4 Å². The smallest absolute Gasteiger partial charge is 0.279 e. The molecule has 0 aromatic heterocycles. The molecule has 2 N–H and O–H groups in total. The Kier molecular flexibility index (Phi) is 5.50. The van der Waals surface area contributed by atoms with Crippen molar-refractivity contribution in [2.24, 2.45) is 0 Å². The molecule has 6 nitrogen and oxygen atoms in total. The molecule has 2 rings (SSSR count). The van der Waals surface area contributed by atoms with E-state index in [1.807, 2.05) is 30.3 Å². The van der Waals surface area contributed by atoms with Crippen LogP contribution in [0, 0.1) is 0 Å². The fourth-order valence-corrected chi connectivity index (χ4v) is 3.47. The molecule has 20 heavy (non-hydrogen) atoms. The van der Waals surface area contributed by atoms with Crippen molar-refractivity contribution in [3.8, 4) is 0 Å². The molecule has 1 aliphatic rings. The average Bonchev–Trinajstić information content (AvgIpc) is 2.48. The summed E-state index contributed by atoms with van der Waals surface area (Å²) in [7, 11) is -3.57. The van der Waals surface area contributed by atoms with Crippen LogP contribution in [0.25, 0.3) is 0 Å². The Morgan fingerprint density at radius 2 is 1.90 bits per heavy atom. The number of hydrogen-bond acceptors (Lipinski definition) is 4. The van der Waals surface area contributed by atoms with Gasteiger partial charge in [0.2, 0.25) is 0 Å². The monoisotopic (exact) mass is 300 g/mol. The zero-order chi connectivity index (χ0) is 14.4. The number of ether oxygens (including phenoxy) is 1. The van der Waals surface area contributed by atoms with Crippen molar-refractivity contribution in [3.05, 3.63) is 35.9 Å². The van der Waals surface area contributed by atoms with Crippen molar-refractivity contribution < 1.29 is 18.3 Å². The number of hydrogen-bond donors (Lipinski definition) is 2. The molecule has 0 aliphatic carbocycles. The minimum atomic E-state index is -3.57. The first-order chi connectivity index (χ1) is 9.62. The van der Waals surface area contributed by atoms with Crippen LogP contribution in [0.5, 0.6) is 0 Å². The highest BCUT2D eigenvalue weighted by Crippen LogP contribution is 2.07. The molecule has 1 saturated heterocycles. The van der Waals surface area contributed by atoms with Crippen LogP contribution in [0.15, 0.2) is 30.3 Å². The lowest BCUT2D eigenvalue weighted by atomic mass is 10.1. The van der Waals surface area contributed by atoms with Gasteiger partial charge in [-0.05, 0) is 12.0 Å². The third kappa shape index (κ3) is 4.26. The normalized spacial score (nSPS) is 18.9. The van der Waals surface area contributed by atoms with E-state index in [1.165, 1.54) is 4.31 Å². The van der Waals surface area contributed by atoms with Crippen molar-refractivity contribution in [2.75, 3.05) is 32.9 Å². The summed E-state index contributed by atoms with van der Waals surface area (Å²) in [5.74, 6) is 0. The molecule has 112 valence electrons. The molecule has 0 bridgehead atoms. The lowest BCUT2D eigenvalue weighted by molar-refractivity contribution is 0.0721. The second-order valence-electron chi connectivity index (χ2n) is 4.70. The summed E-state index contributed by atoms with van der Waals surface area (Å²) >= 11 is 0. The fraction of sp³-hybridized carbons (Fsp3) is 0.538. The average molecular weight is 300 g/mol. The number of rotatable bonds is 6. The Morgan fingerprint density at radius 3 is 2.50 bits per heavy atom. The van der Waals surface area contributed by atoms with Crippen LogP contribution < -0.4 is 4.72 Å². The van der Waals surface area contributed by atoms with Gasteiger partial charge >= 0.3 is 0 Å². The van der Waals surface area contributed by atoms with Gasteiger partial charge in [0, 0.05) is 13.1 Å². The maximum atomic E-state index is 12.2. The second-order valence-corrected chi connectivity index (χ2v) is 6.41. The van der Waals surface area contributed by atoms with Gasteiger partial charge in [-0.3, -0.25) is 0 Å². The molecule has 1 fully saturated rings. The largest absolute Gasteiger partial charge is 0.395 e. The molecule has 0 amide bonds. The molecule has 7 heteroatoms. The zero-order valence-electron chi connectivity index (χ0n) is 11.2. The van der Waals surface area contributed by atoms with Crippen molar-refractivity contribution in [3.63, 3.8) is 0 Å². The number of aliphatic hydroxyl groups excluding tert-OH is 1. The first-order valence-corrected chi connectivity index (χ1v) is 8.06. The van der Waals surface area contributed by atoms with Crippen LogP contribution in [0.3, 0.4) is 0 Å². The number of benzene rings is 1. The van der Waals surface area contributed by atoms with Crippen LogP contribution >= 0.6 is 0 Å². The third-order valence-electron chi connectivity index (χ3n) is 3.17. The van der Waals surface area contributed by atoms with Gasteiger partial charge in [0.05, 0.1) is 25.9 Å². The maximum Gasteiger partial charge on any atom is 0.279 e. The second kappa shape index (κ2) is 7.14. The summed E-state index contributed by atoms with van der Waals surface area (Å²) in [6.07, 6.45) is 0.459. The van der Waals surface area contributed by atoms with Crippen molar-refractivity contribution in [1.82, 2.24) is 9.03 Å². The minimum Gasteiger partial charge on any atom is -0.395 e. The van der Waals surface area contributed by atoms with Gasteiger partial charge in [-0.25, -0.2) is 0 Å². The standard InChI is InChI=1S/C13H20N2O4S/c16-11-13(10-12-4-2-1-3-5-12)14-20(17,18)15-6-8-19-9-7-15/h1-5,13-14,16H,6-11H2. The van der Waals surface area contributed by atoms with Crippen LogP contribution in [0.2, 0.25) is 0 Å². The SMILES string of the molecule is O=S(=O)(NC(CO)Cc1ccccc1)N1CCOCC1. The maximum absolute atomic E-state index is 12.2. The van der Waals surface area contributed by atoms with E-state index < -0.39 is 16.3 Å². The van der Waals surface area contributed by atoms with Crippen molar-refractivity contribution in [2.45, 2.75) is 12.5 Å². The number of morpholine rings is 1. The summed E-state index contributed by atoms with van der Waals surface area (Å²) in [5, 5.41) is 9.38. The lowest BCUT2D eigenvalue weighted by Crippen LogP contribution is -2.50. The van der Waals surface area contributed by atoms with Gasteiger partial charge in [-0.1, -0.05) is 30.3 Å². The fourth-order valence-electron chi connectivity index (χ4n) is 2.11. The van der Waals surface area contributed by atoms with Gasteiger partial charge in [0.25, 0.3) is 10.2 Å². The molecule has 1 heterocycles. The number of nitrogens with zero attached hydrogens (tertiary/aromatic N) is 1. The lowest BCUT2D eigenvalue weighted by Gasteiger charge is -2.28. The van der Waals surface area contributed by atoms with Crippen LogP contribution in [0.4, 0.5) is 0 Å². The highest BCUT2D eigenvalue weighted by molar-refractivity contribution is 7.87.